The first-order valence-corrected chi connectivity index (χ1v) is 23.3. The molecule has 6 heteroatoms. The summed E-state index contributed by atoms with van der Waals surface area (Å²) >= 11 is 0. The van der Waals surface area contributed by atoms with Gasteiger partial charge in [-0.1, -0.05) is 195 Å². The molecule has 0 spiro atoms. The third-order valence-corrected chi connectivity index (χ3v) is 9.42. The van der Waals surface area contributed by atoms with E-state index in [2.05, 4.69) is 81.5 Å². The highest BCUT2D eigenvalue weighted by Gasteiger charge is 2.19. The van der Waals surface area contributed by atoms with Gasteiger partial charge in [0.2, 0.25) is 0 Å². The molecule has 0 saturated heterocycles. The van der Waals surface area contributed by atoms with Crippen LogP contribution in [0.5, 0.6) is 0 Å². The van der Waals surface area contributed by atoms with Gasteiger partial charge >= 0.3 is 17.9 Å². The number of esters is 3. The molecular weight excluding hydrogens is 721 g/mol. The first-order valence-electron chi connectivity index (χ1n) is 23.3. The van der Waals surface area contributed by atoms with Gasteiger partial charge in [0.25, 0.3) is 0 Å². The predicted molar refractivity (Wildman–Crippen MR) is 247 cm³/mol. The van der Waals surface area contributed by atoms with Crippen molar-refractivity contribution in [2.45, 2.75) is 200 Å². The van der Waals surface area contributed by atoms with Gasteiger partial charge in [-0.3, -0.25) is 14.4 Å². The molecule has 0 saturated carbocycles. The predicted octanol–water partition coefficient (Wildman–Crippen LogP) is 15.0. The fourth-order valence-electron chi connectivity index (χ4n) is 5.91. The van der Waals surface area contributed by atoms with Crippen LogP contribution >= 0.6 is 0 Å². The lowest BCUT2D eigenvalue weighted by Gasteiger charge is -2.18. The Balaban J connectivity index is 4.53. The number of carbonyl (C=O) groups excluding carboxylic acids is 3. The van der Waals surface area contributed by atoms with Crippen LogP contribution in [0.15, 0.2) is 97.2 Å². The van der Waals surface area contributed by atoms with Crippen LogP contribution in [0.4, 0.5) is 0 Å². The number of unbranched alkanes of at least 4 members (excludes halogenated alkanes) is 16. The maximum Gasteiger partial charge on any atom is 0.306 e. The maximum atomic E-state index is 12.7. The van der Waals surface area contributed by atoms with Gasteiger partial charge in [-0.25, -0.2) is 0 Å². The molecule has 0 N–H and O–H groups in total. The Hall–Kier alpha value is -3.67. The number of rotatable bonds is 40. The molecule has 0 aromatic carbocycles. The Morgan fingerprint density at radius 3 is 1.31 bits per heavy atom. The number of hydrogen-bond donors (Lipinski definition) is 0. The van der Waals surface area contributed by atoms with Crippen LogP contribution in [-0.4, -0.2) is 37.2 Å². The second kappa shape index (κ2) is 46.0. The molecule has 0 amide bonds. The van der Waals surface area contributed by atoms with Crippen molar-refractivity contribution in [2.75, 3.05) is 13.2 Å². The Bertz CT molecular complexity index is 1200. The molecule has 0 rings (SSSR count). The van der Waals surface area contributed by atoms with Crippen LogP contribution in [-0.2, 0) is 28.6 Å². The molecule has 0 fully saturated rings. The summed E-state index contributed by atoms with van der Waals surface area (Å²) in [4.78, 5) is 37.7. The highest BCUT2D eigenvalue weighted by atomic mass is 16.6. The third-order valence-electron chi connectivity index (χ3n) is 9.42. The molecule has 0 radical (unpaired) electrons. The van der Waals surface area contributed by atoms with E-state index < -0.39 is 6.10 Å². The average Bonchev–Trinajstić information content (AvgIpc) is 3.22. The van der Waals surface area contributed by atoms with E-state index in [9.17, 15) is 14.4 Å². The molecule has 0 aromatic heterocycles. The maximum absolute atomic E-state index is 12.7. The van der Waals surface area contributed by atoms with E-state index in [1.54, 1.807) is 0 Å². The molecule has 0 bridgehead atoms. The Kier molecular flexibility index (Phi) is 43.1. The van der Waals surface area contributed by atoms with Crippen LogP contribution in [0.3, 0.4) is 0 Å². The highest BCUT2D eigenvalue weighted by molar-refractivity contribution is 5.71. The van der Waals surface area contributed by atoms with Gasteiger partial charge in [0, 0.05) is 19.3 Å². The second-order valence-electron chi connectivity index (χ2n) is 15.0. The van der Waals surface area contributed by atoms with E-state index in [1.165, 1.54) is 70.6 Å². The zero-order valence-electron chi connectivity index (χ0n) is 37.3. The van der Waals surface area contributed by atoms with E-state index in [0.717, 1.165) is 70.6 Å². The smallest absolute Gasteiger partial charge is 0.306 e. The zero-order valence-corrected chi connectivity index (χ0v) is 37.3. The fraction of sp³-hybridized carbons (Fsp3) is 0.635. The molecule has 1 unspecified atom stereocenters. The van der Waals surface area contributed by atoms with Crippen molar-refractivity contribution in [3.63, 3.8) is 0 Å². The van der Waals surface area contributed by atoms with Gasteiger partial charge in [0.05, 0.1) is 0 Å². The van der Waals surface area contributed by atoms with Crippen LogP contribution in [0.25, 0.3) is 0 Å². The van der Waals surface area contributed by atoms with Gasteiger partial charge in [-0.05, 0) is 77.0 Å². The molecule has 6 nitrogen and oxygen atoms in total. The third kappa shape index (κ3) is 43.5. The van der Waals surface area contributed by atoms with E-state index in [1.807, 2.05) is 36.5 Å². The number of hydrogen-bond acceptors (Lipinski definition) is 6. The summed E-state index contributed by atoms with van der Waals surface area (Å²) in [5, 5.41) is 0. The van der Waals surface area contributed by atoms with Crippen molar-refractivity contribution in [2.24, 2.45) is 0 Å². The summed E-state index contributed by atoms with van der Waals surface area (Å²) in [5.41, 5.74) is 0. The van der Waals surface area contributed by atoms with Gasteiger partial charge in [0.15, 0.2) is 6.10 Å². The highest BCUT2D eigenvalue weighted by Crippen LogP contribution is 2.13. The molecule has 0 heterocycles. The number of ether oxygens (including phenoxy) is 3. The SMILES string of the molecule is CC\C=C/C=C\C=C/C=C\CCCCCC(=O)OC(COC(=O)CCC/C=C\C/C=C\C/C=C\C/C=C\CCCCC)COC(=O)CCCCCCCCCCCC. The van der Waals surface area contributed by atoms with Crippen LogP contribution in [0.2, 0.25) is 0 Å². The lowest BCUT2D eigenvalue weighted by Crippen LogP contribution is -2.30. The second-order valence-corrected chi connectivity index (χ2v) is 15.0. The summed E-state index contributed by atoms with van der Waals surface area (Å²) in [7, 11) is 0. The van der Waals surface area contributed by atoms with Crippen molar-refractivity contribution in [1.29, 1.82) is 0 Å². The monoisotopic (exact) mass is 805 g/mol. The van der Waals surface area contributed by atoms with Crippen LogP contribution < -0.4 is 0 Å². The number of carbonyl (C=O) groups is 3. The Morgan fingerprint density at radius 1 is 0.379 bits per heavy atom. The Labute approximate surface area is 356 Å². The van der Waals surface area contributed by atoms with Crippen molar-refractivity contribution >= 4 is 17.9 Å². The molecule has 0 aliphatic heterocycles. The zero-order chi connectivity index (χ0) is 42.3. The van der Waals surface area contributed by atoms with E-state index in [0.29, 0.717) is 19.3 Å². The lowest BCUT2D eigenvalue weighted by molar-refractivity contribution is -0.167. The van der Waals surface area contributed by atoms with Crippen LogP contribution in [0, 0.1) is 0 Å². The lowest BCUT2D eigenvalue weighted by atomic mass is 10.1. The normalized spacial score (nSPS) is 12.9. The quantitative estimate of drug-likeness (QED) is 0.0202. The minimum Gasteiger partial charge on any atom is -0.462 e. The van der Waals surface area contributed by atoms with E-state index >= 15 is 0 Å². The molecular formula is C52H84O6. The summed E-state index contributed by atoms with van der Waals surface area (Å²) in [6, 6.07) is 0. The summed E-state index contributed by atoms with van der Waals surface area (Å²) in [6.45, 7) is 6.35. The molecule has 0 aliphatic rings. The topological polar surface area (TPSA) is 78.9 Å². The van der Waals surface area contributed by atoms with Crippen molar-refractivity contribution in [3.05, 3.63) is 97.2 Å². The standard InChI is InChI=1S/C52H84O6/c1-4-7-10-13-16-19-22-24-25-26-27-29-30-33-36-39-42-45-51(54)57-48-49(47-56-50(53)44-41-38-35-32-21-18-15-12-9-6-3)58-52(55)46-43-40-37-34-31-28-23-20-17-14-11-8-5-2/h8,11,14,16-17,19-20,23-25,27-29,31,33,36,49H,4-7,9-10,12-13,15,18,21-22,26,30,32,34-35,37-48H2,1-3H3/b11-8-,17-14-,19-16-,23-20-,25-24-,29-27-,31-28-,36-33-. The minimum atomic E-state index is -0.817. The largest absolute Gasteiger partial charge is 0.462 e. The average molecular weight is 805 g/mol. The summed E-state index contributed by atoms with van der Waals surface area (Å²) in [5.74, 6) is -1.02. The molecule has 58 heavy (non-hydrogen) atoms. The minimum absolute atomic E-state index is 0.111. The molecule has 0 aliphatic carbocycles. The summed E-state index contributed by atoms with van der Waals surface area (Å²) in [6.07, 6.45) is 59.7. The van der Waals surface area contributed by atoms with Crippen LogP contribution in [0.1, 0.15) is 194 Å². The molecule has 328 valence electrons. The van der Waals surface area contributed by atoms with Crippen molar-refractivity contribution < 1.29 is 28.6 Å². The first kappa shape index (κ1) is 54.3. The van der Waals surface area contributed by atoms with Gasteiger partial charge in [0.1, 0.15) is 13.2 Å². The molecule has 0 aromatic rings. The molecule has 1 atom stereocenters. The van der Waals surface area contributed by atoms with Gasteiger partial charge < -0.3 is 14.2 Å². The van der Waals surface area contributed by atoms with E-state index in [4.69, 9.17) is 14.2 Å². The van der Waals surface area contributed by atoms with E-state index in [-0.39, 0.29) is 44.0 Å². The Morgan fingerprint density at radius 2 is 0.759 bits per heavy atom. The fourth-order valence-corrected chi connectivity index (χ4v) is 5.91. The van der Waals surface area contributed by atoms with Crippen molar-refractivity contribution in [1.82, 2.24) is 0 Å². The van der Waals surface area contributed by atoms with Gasteiger partial charge in [-0.2, -0.15) is 0 Å². The number of allylic oxidation sites excluding steroid dienone is 16. The van der Waals surface area contributed by atoms with Gasteiger partial charge in [-0.15, -0.1) is 0 Å². The summed E-state index contributed by atoms with van der Waals surface area (Å²) < 4.78 is 16.6. The first-order chi connectivity index (χ1) is 28.5. The van der Waals surface area contributed by atoms with Crippen molar-refractivity contribution in [3.8, 4) is 0 Å².